The SMILES string of the molecule is CCC(C)CCC(CC)C(CCC1CC(C)CC(OC)C1)CCN1CCC(N)(C2CCCCC2)CC1. The van der Waals surface area contributed by atoms with E-state index in [1.807, 2.05) is 7.11 Å². The molecule has 2 N–H and O–H groups in total. The minimum absolute atomic E-state index is 0.133. The third-order valence-electron chi connectivity index (χ3n) is 11.2. The maximum Gasteiger partial charge on any atom is 0.0576 e. The molecular weight excluding hydrogens is 440 g/mol. The lowest BCUT2D eigenvalue weighted by Gasteiger charge is -2.46. The molecule has 212 valence electrons. The normalized spacial score (nSPS) is 30.7. The third-order valence-corrected chi connectivity index (χ3v) is 11.2. The molecule has 1 saturated heterocycles. The Bertz CT molecular complexity index is 580. The van der Waals surface area contributed by atoms with E-state index in [4.69, 9.17) is 10.5 Å². The van der Waals surface area contributed by atoms with Gasteiger partial charge in [0.1, 0.15) is 0 Å². The van der Waals surface area contributed by atoms with E-state index in [1.54, 1.807) is 0 Å². The summed E-state index contributed by atoms with van der Waals surface area (Å²) < 4.78 is 5.81. The third kappa shape index (κ3) is 9.26. The molecule has 2 aliphatic carbocycles. The molecule has 3 fully saturated rings. The molecule has 3 aliphatic rings. The van der Waals surface area contributed by atoms with Gasteiger partial charge in [-0.15, -0.1) is 0 Å². The van der Waals surface area contributed by atoms with Gasteiger partial charge in [0.2, 0.25) is 0 Å². The Morgan fingerprint density at radius 1 is 0.889 bits per heavy atom. The van der Waals surface area contributed by atoms with Crippen LogP contribution in [0.15, 0.2) is 0 Å². The smallest absolute Gasteiger partial charge is 0.0576 e. The summed E-state index contributed by atoms with van der Waals surface area (Å²) >= 11 is 0. The Kier molecular flexibility index (Phi) is 13.1. The number of ether oxygens (including phenoxy) is 1. The zero-order valence-corrected chi connectivity index (χ0v) is 25.1. The van der Waals surface area contributed by atoms with E-state index in [1.165, 1.54) is 129 Å². The summed E-state index contributed by atoms with van der Waals surface area (Å²) in [4.78, 5) is 2.78. The number of likely N-dealkylation sites (tertiary alicyclic amines) is 1. The molecule has 3 heteroatoms. The molecule has 0 aromatic rings. The fourth-order valence-electron chi connectivity index (χ4n) is 8.27. The van der Waals surface area contributed by atoms with E-state index in [0.717, 1.165) is 35.5 Å². The lowest BCUT2D eigenvalue weighted by atomic mass is 9.70. The van der Waals surface area contributed by atoms with Gasteiger partial charge in [-0.3, -0.25) is 0 Å². The average molecular weight is 505 g/mol. The van der Waals surface area contributed by atoms with Crippen LogP contribution in [-0.4, -0.2) is 43.3 Å². The first-order valence-electron chi connectivity index (χ1n) is 16.4. The Labute approximate surface area is 226 Å². The van der Waals surface area contributed by atoms with Crippen molar-refractivity contribution in [2.24, 2.45) is 41.2 Å². The number of methoxy groups -OCH3 is 1. The van der Waals surface area contributed by atoms with Gasteiger partial charge in [0.05, 0.1) is 6.10 Å². The summed E-state index contributed by atoms with van der Waals surface area (Å²) in [6.07, 6.45) is 23.7. The van der Waals surface area contributed by atoms with Crippen molar-refractivity contribution in [1.29, 1.82) is 0 Å². The average Bonchev–Trinajstić information content (AvgIpc) is 2.90. The fraction of sp³-hybridized carbons (Fsp3) is 1.00. The van der Waals surface area contributed by atoms with Crippen molar-refractivity contribution in [3.63, 3.8) is 0 Å². The van der Waals surface area contributed by atoms with Crippen molar-refractivity contribution < 1.29 is 4.74 Å². The Balaban J connectivity index is 1.53. The molecule has 3 rings (SSSR count). The second-order valence-corrected chi connectivity index (χ2v) is 13.8. The van der Waals surface area contributed by atoms with Gasteiger partial charge in [-0.1, -0.05) is 72.6 Å². The largest absolute Gasteiger partial charge is 0.381 e. The zero-order chi connectivity index (χ0) is 26.0. The number of hydrogen-bond acceptors (Lipinski definition) is 3. The first kappa shape index (κ1) is 30.4. The second-order valence-electron chi connectivity index (χ2n) is 13.8. The van der Waals surface area contributed by atoms with Gasteiger partial charge in [-0.05, 0) is 119 Å². The van der Waals surface area contributed by atoms with E-state index in [9.17, 15) is 0 Å². The minimum Gasteiger partial charge on any atom is -0.381 e. The molecule has 36 heavy (non-hydrogen) atoms. The van der Waals surface area contributed by atoms with Gasteiger partial charge in [0, 0.05) is 12.6 Å². The van der Waals surface area contributed by atoms with Gasteiger partial charge >= 0.3 is 0 Å². The van der Waals surface area contributed by atoms with Gasteiger partial charge in [0.25, 0.3) is 0 Å². The van der Waals surface area contributed by atoms with Crippen LogP contribution in [0.2, 0.25) is 0 Å². The molecule has 0 bridgehead atoms. The highest BCUT2D eigenvalue weighted by atomic mass is 16.5. The van der Waals surface area contributed by atoms with Crippen molar-refractivity contribution in [2.45, 2.75) is 148 Å². The summed E-state index contributed by atoms with van der Waals surface area (Å²) in [5, 5.41) is 0. The van der Waals surface area contributed by atoms with Crippen LogP contribution < -0.4 is 5.73 Å². The Morgan fingerprint density at radius 3 is 2.25 bits per heavy atom. The van der Waals surface area contributed by atoms with Crippen LogP contribution in [-0.2, 0) is 4.74 Å². The van der Waals surface area contributed by atoms with Crippen LogP contribution in [0.25, 0.3) is 0 Å². The zero-order valence-electron chi connectivity index (χ0n) is 25.1. The van der Waals surface area contributed by atoms with Crippen LogP contribution in [0.3, 0.4) is 0 Å². The van der Waals surface area contributed by atoms with Crippen LogP contribution in [0.5, 0.6) is 0 Å². The quantitative estimate of drug-likeness (QED) is 0.258. The van der Waals surface area contributed by atoms with Crippen molar-refractivity contribution in [3.8, 4) is 0 Å². The predicted molar refractivity (Wildman–Crippen MR) is 156 cm³/mol. The first-order valence-corrected chi connectivity index (χ1v) is 16.4. The van der Waals surface area contributed by atoms with Gasteiger partial charge in [-0.2, -0.15) is 0 Å². The van der Waals surface area contributed by atoms with E-state index in [2.05, 4.69) is 32.6 Å². The van der Waals surface area contributed by atoms with Crippen LogP contribution in [0.1, 0.15) is 137 Å². The van der Waals surface area contributed by atoms with Crippen molar-refractivity contribution in [1.82, 2.24) is 4.90 Å². The first-order chi connectivity index (χ1) is 17.4. The fourth-order valence-corrected chi connectivity index (χ4v) is 8.27. The van der Waals surface area contributed by atoms with Crippen LogP contribution in [0.4, 0.5) is 0 Å². The number of piperidine rings is 1. The minimum atomic E-state index is 0.133. The molecule has 0 radical (unpaired) electrons. The van der Waals surface area contributed by atoms with Gasteiger partial charge in [0.15, 0.2) is 0 Å². The molecular formula is C33H64N2O. The molecule has 0 aromatic heterocycles. The standard InChI is InChI=1S/C33H64N2O/c1-6-26(3)13-15-29(7-2)30(16-14-28-23-27(4)24-32(25-28)36-5)17-20-35-21-18-33(34,19-22-35)31-11-9-8-10-12-31/h26-32H,6-25,34H2,1-5H3. The number of nitrogens with zero attached hydrogens (tertiary/aromatic N) is 1. The highest BCUT2D eigenvalue weighted by Gasteiger charge is 2.38. The van der Waals surface area contributed by atoms with Gasteiger partial charge < -0.3 is 15.4 Å². The van der Waals surface area contributed by atoms with Crippen molar-refractivity contribution in [2.75, 3.05) is 26.7 Å². The molecule has 2 saturated carbocycles. The van der Waals surface area contributed by atoms with E-state index >= 15 is 0 Å². The molecule has 6 unspecified atom stereocenters. The maximum atomic E-state index is 7.03. The number of hydrogen-bond donors (Lipinski definition) is 1. The highest BCUT2D eigenvalue weighted by molar-refractivity contribution is 4.96. The van der Waals surface area contributed by atoms with Crippen LogP contribution >= 0.6 is 0 Å². The lowest BCUT2D eigenvalue weighted by Crippen LogP contribution is -2.55. The maximum absolute atomic E-state index is 7.03. The topological polar surface area (TPSA) is 38.5 Å². The molecule has 1 heterocycles. The van der Waals surface area contributed by atoms with Crippen molar-refractivity contribution in [3.05, 3.63) is 0 Å². The van der Waals surface area contributed by atoms with E-state index in [-0.39, 0.29) is 5.54 Å². The molecule has 0 spiro atoms. The molecule has 6 atom stereocenters. The van der Waals surface area contributed by atoms with Gasteiger partial charge in [-0.25, -0.2) is 0 Å². The Morgan fingerprint density at radius 2 is 1.61 bits per heavy atom. The lowest BCUT2D eigenvalue weighted by molar-refractivity contribution is 0.0272. The van der Waals surface area contributed by atoms with E-state index < -0.39 is 0 Å². The van der Waals surface area contributed by atoms with E-state index in [0.29, 0.717) is 6.10 Å². The number of nitrogens with two attached hydrogens (primary N) is 1. The summed E-state index contributed by atoms with van der Waals surface area (Å²) in [7, 11) is 1.92. The summed E-state index contributed by atoms with van der Waals surface area (Å²) in [5.41, 5.74) is 7.16. The number of rotatable bonds is 14. The molecule has 0 aromatic carbocycles. The summed E-state index contributed by atoms with van der Waals surface area (Å²) in [6, 6.07) is 0. The monoisotopic (exact) mass is 505 g/mol. The molecule has 3 nitrogen and oxygen atoms in total. The molecule has 1 aliphatic heterocycles. The summed E-state index contributed by atoms with van der Waals surface area (Å²) in [6.45, 7) is 13.5. The summed E-state index contributed by atoms with van der Waals surface area (Å²) in [5.74, 6) is 5.16. The van der Waals surface area contributed by atoms with Crippen molar-refractivity contribution >= 4 is 0 Å². The Hall–Kier alpha value is -0.120. The predicted octanol–water partition coefficient (Wildman–Crippen LogP) is 8.45. The molecule has 0 amide bonds. The highest BCUT2D eigenvalue weighted by Crippen LogP contribution is 2.39. The second kappa shape index (κ2) is 15.5. The van der Waals surface area contributed by atoms with Crippen LogP contribution in [0, 0.1) is 35.5 Å².